The van der Waals surface area contributed by atoms with E-state index in [2.05, 4.69) is 26.2 Å². The normalized spacial score (nSPS) is 10.9. The summed E-state index contributed by atoms with van der Waals surface area (Å²) < 4.78 is 13.4. The first kappa shape index (κ1) is 15.9. The minimum absolute atomic E-state index is 0.0607. The number of carbonyl (C=O) groups excluding carboxylic acids is 1. The van der Waals surface area contributed by atoms with Crippen LogP contribution < -0.4 is 5.32 Å². The van der Waals surface area contributed by atoms with E-state index in [9.17, 15) is 9.18 Å². The van der Waals surface area contributed by atoms with Crippen molar-refractivity contribution < 1.29 is 9.18 Å². The molecule has 0 saturated heterocycles. The number of halogens is 2. The zero-order valence-electron chi connectivity index (χ0n) is 11.4. The summed E-state index contributed by atoms with van der Waals surface area (Å²) in [5.74, 6) is -0.913. The van der Waals surface area contributed by atoms with E-state index < -0.39 is 11.7 Å². The molecule has 0 spiro atoms. The lowest BCUT2D eigenvalue weighted by Gasteiger charge is -2.04. The van der Waals surface area contributed by atoms with Crippen LogP contribution in [0.4, 0.5) is 4.39 Å². The first-order valence-corrected chi connectivity index (χ1v) is 7.14. The van der Waals surface area contributed by atoms with Crippen molar-refractivity contribution in [2.75, 3.05) is 0 Å². The largest absolute Gasteiger partial charge is 0.346 e. The van der Waals surface area contributed by atoms with Gasteiger partial charge >= 0.3 is 0 Å². The molecule has 22 heavy (non-hydrogen) atoms. The van der Waals surface area contributed by atoms with Gasteiger partial charge in [-0.2, -0.15) is 5.26 Å². The average molecular weight is 360 g/mol. The number of hydrogen-bond acceptors (Lipinski definition) is 3. The molecule has 0 aliphatic heterocycles. The van der Waals surface area contributed by atoms with Gasteiger partial charge in [0.2, 0.25) is 0 Å². The Kier molecular flexibility index (Phi) is 5.39. The molecule has 0 radical (unpaired) electrons. The second-order valence-electron chi connectivity index (χ2n) is 4.35. The minimum atomic E-state index is -0.506. The standard InChI is InChI=1S/C16H11BrFN3O/c17-14-8-11(4-5-15(14)18)7-12(9-19)16(22)21-10-13-3-1-2-6-20-13/h1-8H,10H2,(H,21,22)/b12-7+. The van der Waals surface area contributed by atoms with Crippen LogP contribution >= 0.6 is 15.9 Å². The Labute approximate surface area is 135 Å². The highest BCUT2D eigenvalue weighted by molar-refractivity contribution is 9.10. The van der Waals surface area contributed by atoms with Crippen LogP contribution in [0.1, 0.15) is 11.3 Å². The third kappa shape index (κ3) is 4.24. The van der Waals surface area contributed by atoms with Gasteiger partial charge in [-0.1, -0.05) is 12.1 Å². The van der Waals surface area contributed by atoms with Crippen LogP contribution in [0.5, 0.6) is 0 Å². The van der Waals surface area contributed by atoms with Crippen LogP contribution in [0, 0.1) is 17.1 Å². The Morgan fingerprint density at radius 1 is 1.41 bits per heavy atom. The molecule has 0 fully saturated rings. The Morgan fingerprint density at radius 3 is 2.86 bits per heavy atom. The molecule has 0 bridgehead atoms. The summed E-state index contributed by atoms with van der Waals surface area (Å²) in [6.07, 6.45) is 3.02. The summed E-state index contributed by atoms with van der Waals surface area (Å²) in [7, 11) is 0. The SMILES string of the molecule is N#C/C(=C\c1ccc(F)c(Br)c1)C(=O)NCc1ccccn1. The van der Waals surface area contributed by atoms with Gasteiger partial charge in [-0.15, -0.1) is 0 Å². The van der Waals surface area contributed by atoms with E-state index in [0.717, 1.165) is 0 Å². The Balaban J connectivity index is 2.10. The highest BCUT2D eigenvalue weighted by Gasteiger charge is 2.09. The van der Waals surface area contributed by atoms with Crippen molar-refractivity contribution in [2.24, 2.45) is 0 Å². The molecule has 0 unspecified atom stereocenters. The highest BCUT2D eigenvalue weighted by Crippen LogP contribution is 2.18. The van der Waals surface area contributed by atoms with Gasteiger partial charge in [0.15, 0.2) is 0 Å². The maximum absolute atomic E-state index is 13.2. The highest BCUT2D eigenvalue weighted by atomic mass is 79.9. The molecule has 4 nitrogen and oxygen atoms in total. The van der Waals surface area contributed by atoms with Crippen molar-refractivity contribution in [1.29, 1.82) is 5.26 Å². The van der Waals surface area contributed by atoms with E-state index in [4.69, 9.17) is 5.26 Å². The van der Waals surface area contributed by atoms with Crippen LogP contribution in [-0.2, 0) is 11.3 Å². The molecule has 1 aromatic heterocycles. The number of benzene rings is 1. The van der Waals surface area contributed by atoms with E-state index in [1.807, 2.05) is 12.1 Å². The van der Waals surface area contributed by atoms with Crippen molar-refractivity contribution in [2.45, 2.75) is 6.54 Å². The van der Waals surface area contributed by atoms with Crippen LogP contribution in [0.3, 0.4) is 0 Å². The van der Waals surface area contributed by atoms with E-state index in [0.29, 0.717) is 11.3 Å². The quantitative estimate of drug-likeness (QED) is 0.673. The van der Waals surface area contributed by atoms with Crippen molar-refractivity contribution in [3.05, 3.63) is 69.7 Å². The molecule has 110 valence electrons. The maximum Gasteiger partial charge on any atom is 0.262 e. The summed E-state index contributed by atoms with van der Waals surface area (Å²) in [6, 6.07) is 11.4. The first-order valence-electron chi connectivity index (χ1n) is 6.35. The summed E-state index contributed by atoms with van der Waals surface area (Å²) >= 11 is 3.06. The van der Waals surface area contributed by atoms with E-state index in [1.54, 1.807) is 18.3 Å². The zero-order valence-corrected chi connectivity index (χ0v) is 13.0. The van der Waals surface area contributed by atoms with Gasteiger partial charge in [0.05, 0.1) is 16.7 Å². The number of carbonyl (C=O) groups is 1. The summed E-state index contributed by atoms with van der Waals surface area (Å²) in [5, 5.41) is 11.7. The van der Waals surface area contributed by atoms with E-state index in [-0.39, 0.29) is 16.6 Å². The second kappa shape index (κ2) is 7.48. The predicted octanol–water partition coefficient (Wildman–Crippen LogP) is 3.21. The fourth-order valence-corrected chi connectivity index (χ4v) is 2.08. The lowest BCUT2D eigenvalue weighted by Crippen LogP contribution is -2.24. The number of nitriles is 1. The van der Waals surface area contributed by atoms with Crippen molar-refractivity contribution in [1.82, 2.24) is 10.3 Å². The smallest absolute Gasteiger partial charge is 0.262 e. The van der Waals surface area contributed by atoms with Gasteiger partial charge in [-0.25, -0.2) is 4.39 Å². The summed E-state index contributed by atoms with van der Waals surface area (Å²) in [4.78, 5) is 16.1. The molecular formula is C16H11BrFN3O. The molecule has 2 rings (SSSR count). The van der Waals surface area contributed by atoms with Gasteiger partial charge in [0.1, 0.15) is 17.5 Å². The molecule has 1 N–H and O–H groups in total. The minimum Gasteiger partial charge on any atom is -0.346 e. The number of amides is 1. The predicted molar refractivity (Wildman–Crippen MR) is 83.8 cm³/mol. The third-order valence-electron chi connectivity index (χ3n) is 2.78. The zero-order chi connectivity index (χ0) is 15.9. The molecule has 6 heteroatoms. The lowest BCUT2D eigenvalue weighted by atomic mass is 10.1. The van der Waals surface area contributed by atoms with Crippen LogP contribution in [-0.4, -0.2) is 10.9 Å². The molecule has 1 aromatic carbocycles. The van der Waals surface area contributed by atoms with Gasteiger partial charge in [-0.3, -0.25) is 9.78 Å². The van der Waals surface area contributed by atoms with Crippen molar-refractivity contribution in [3.8, 4) is 6.07 Å². The van der Waals surface area contributed by atoms with Crippen LogP contribution in [0.25, 0.3) is 6.08 Å². The second-order valence-corrected chi connectivity index (χ2v) is 5.20. The van der Waals surface area contributed by atoms with Gasteiger partial charge in [0.25, 0.3) is 5.91 Å². The number of aromatic nitrogens is 1. The Bertz CT molecular complexity index is 754. The van der Waals surface area contributed by atoms with E-state index >= 15 is 0 Å². The Hall–Kier alpha value is -2.52. The fraction of sp³-hybridized carbons (Fsp3) is 0.0625. The number of hydrogen-bond donors (Lipinski definition) is 1. The molecule has 0 saturated carbocycles. The molecule has 1 amide bonds. The number of pyridine rings is 1. The molecule has 2 aromatic rings. The molecule has 0 atom stereocenters. The molecule has 1 heterocycles. The number of nitrogens with zero attached hydrogens (tertiary/aromatic N) is 2. The van der Waals surface area contributed by atoms with Gasteiger partial charge in [0, 0.05) is 6.20 Å². The molecule has 0 aliphatic rings. The summed E-state index contributed by atoms with van der Waals surface area (Å²) in [5.41, 5.74) is 1.19. The maximum atomic E-state index is 13.2. The fourth-order valence-electron chi connectivity index (χ4n) is 1.69. The summed E-state index contributed by atoms with van der Waals surface area (Å²) in [6.45, 7) is 0.228. The molecular weight excluding hydrogens is 349 g/mol. The molecule has 0 aliphatic carbocycles. The average Bonchev–Trinajstić information content (AvgIpc) is 2.54. The van der Waals surface area contributed by atoms with Gasteiger partial charge in [-0.05, 0) is 51.8 Å². The van der Waals surface area contributed by atoms with Crippen LogP contribution in [0.15, 0.2) is 52.6 Å². The topological polar surface area (TPSA) is 65.8 Å². The number of rotatable bonds is 4. The van der Waals surface area contributed by atoms with Crippen molar-refractivity contribution >= 4 is 27.9 Å². The van der Waals surface area contributed by atoms with Crippen LogP contribution in [0.2, 0.25) is 0 Å². The number of nitrogens with one attached hydrogen (secondary N) is 1. The lowest BCUT2D eigenvalue weighted by molar-refractivity contribution is -0.117. The first-order chi connectivity index (χ1) is 10.6. The van der Waals surface area contributed by atoms with Gasteiger partial charge < -0.3 is 5.32 Å². The monoisotopic (exact) mass is 359 g/mol. The Morgan fingerprint density at radius 2 is 2.23 bits per heavy atom. The van der Waals surface area contributed by atoms with E-state index in [1.165, 1.54) is 24.3 Å². The third-order valence-corrected chi connectivity index (χ3v) is 3.38. The van der Waals surface area contributed by atoms with Crippen molar-refractivity contribution in [3.63, 3.8) is 0 Å².